The Labute approximate surface area is 102 Å². The van der Waals surface area contributed by atoms with Gasteiger partial charge in [0.05, 0.1) is 12.3 Å². The Hall–Kier alpha value is -1.76. The molecule has 1 unspecified atom stereocenters. The van der Waals surface area contributed by atoms with Crippen molar-refractivity contribution in [1.29, 1.82) is 5.26 Å². The maximum absolute atomic E-state index is 11.8. The summed E-state index contributed by atoms with van der Waals surface area (Å²) in [6.45, 7) is 5.34. The summed E-state index contributed by atoms with van der Waals surface area (Å²) in [4.78, 5) is 13.6. The number of hydrogen-bond donors (Lipinski definition) is 0. The van der Waals surface area contributed by atoms with Crippen molar-refractivity contribution in [2.24, 2.45) is 0 Å². The van der Waals surface area contributed by atoms with Gasteiger partial charge < -0.3 is 9.32 Å². The van der Waals surface area contributed by atoms with Crippen LogP contribution in [0.1, 0.15) is 38.4 Å². The minimum atomic E-state index is -0.329. The van der Waals surface area contributed by atoms with Gasteiger partial charge in [0.1, 0.15) is 11.7 Å². The van der Waals surface area contributed by atoms with E-state index in [-0.39, 0.29) is 11.8 Å². The number of carbonyl (C=O) groups excluding carboxylic acids is 1. The highest BCUT2D eigenvalue weighted by Gasteiger charge is 2.17. The molecule has 0 spiro atoms. The summed E-state index contributed by atoms with van der Waals surface area (Å²) in [6, 6.07) is 5.70. The van der Waals surface area contributed by atoms with Crippen LogP contribution in [-0.2, 0) is 4.79 Å². The van der Waals surface area contributed by atoms with E-state index in [1.54, 1.807) is 23.3 Å². The van der Waals surface area contributed by atoms with E-state index in [0.717, 1.165) is 0 Å². The fourth-order valence-corrected chi connectivity index (χ4v) is 1.76. The molecule has 1 aromatic heterocycles. The normalized spacial score (nSPS) is 11.8. The summed E-state index contributed by atoms with van der Waals surface area (Å²) in [6.07, 6.45) is 2.45. The van der Waals surface area contributed by atoms with Crippen LogP contribution >= 0.6 is 0 Å². The predicted molar refractivity (Wildman–Crippen MR) is 64.2 cm³/mol. The van der Waals surface area contributed by atoms with Crippen molar-refractivity contribution in [3.8, 4) is 6.07 Å². The van der Waals surface area contributed by atoms with E-state index in [0.29, 0.717) is 31.7 Å². The van der Waals surface area contributed by atoms with Crippen molar-refractivity contribution in [3.05, 3.63) is 24.2 Å². The fraction of sp³-hybridized carbons (Fsp3) is 0.538. The van der Waals surface area contributed by atoms with E-state index in [1.165, 1.54) is 0 Å². The number of amides is 1. The smallest absolute Gasteiger partial charge is 0.222 e. The van der Waals surface area contributed by atoms with Crippen molar-refractivity contribution >= 4 is 5.91 Å². The zero-order valence-electron chi connectivity index (χ0n) is 10.3. The van der Waals surface area contributed by atoms with E-state index in [2.05, 4.69) is 6.07 Å². The number of furan rings is 1. The fourth-order valence-electron chi connectivity index (χ4n) is 1.76. The van der Waals surface area contributed by atoms with Gasteiger partial charge in [-0.25, -0.2) is 0 Å². The van der Waals surface area contributed by atoms with Crippen LogP contribution < -0.4 is 0 Å². The van der Waals surface area contributed by atoms with Crippen LogP contribution in [0.3, 0.4) is 0 Å². The standard InChI is InChI=1S/C13H18N2O2/c1-3-15(4-2)13(16)8-7-11(10-14)12-6-5-9-17-12/h5-6,9,11H,3-4,7-8H2,1-2H3. The first-order valence-electron chi connectivity index (χ1n) is 5.93. The number of carbonyl (C=O) groups is 1. The molecular weight excluding hydrogens is 216 g/mol. The van der Waals surface area contributed by atoms with Gasteiger partial charge >= 0.3 is 0 Å². The van der Waals surface area contributed by atoms with E-state index < -0.39 is 0 Å². The summed E-state index contributed by atoms with van der Waals surface area (Å²) in [5, 5.41) is 9.03. The highest BCUT2D eigenvalue weighted by molar-refractivity contribution is 5.76. The lowest BCUT2D eigenvalue weighted by atomic mass is 10.0. The summed E-state index contributed by atoms with van der Waals surface area (Å²) in [7, 11) is 0. The summed E-state index contributed by atoms with van der Waals surface area (Å²) in [5.41, 5.74) is 0. The van der Waals surface area contributed by atoms with Crippen LogP contribution in [0, 0.1) is 11.3 Å². The highest BCUT2D eigenvalue weighted by Crippen LogP contribution is 2.21. The SMILES string of the molecule is CCN(CC)C(=O)CCC(C#N)c1ccco1. The largest absolute Gasteiger partial charge is 0.468 e. The molecule has 1 rings (SSSR count). The molecule has 4 heteroatoms. The molecule has 0 fully saturated rings. The third-order valence-corrected chi connectivity index (χ3v) is 2.81. The minimum absolute atomic E-state index is 0.0989. The third kappa shape index (κ3) is 3.63. The van der Waals surface area contributed by atoms with Crippen LogP contribution in [0.15, 0.2) is 22.8 Å². The Balaban J connectivity index is 2.49. The second kappa shape index (κ2) is 6.74. The van der Waals surface area contributed by atoms with Crippen LogP contribution in [0.2, 0.25) is 0 Å². The Kier molecular flexibility index (Phi) is 5.28. The Bertz CT molecular complexity index is 375. The second-order valence-corrected chi connectivity index (χ2v) is 3.80. The molecule has 0 aliphatic heterocycles. The second-order valence-electron chi connectivity index (χ2n) is 3.80. The van der Waals surface area contributed by atoms with Gasteiger partial charge in [0.25, 0.3) is 0 Å². The predicted octanol–water partition coefficient (Wildman–Crippen LogP) is 2.54. The first-order valence-corrected chi connectivity index (χ1v) is 5.93. The van der Waals surface area contributed by atoms with E-state index in [4.69, 9.17) is 9.68 Å². The number of nitrogens with zero attached hydrogens (tertiary/aromatic N) is 2. The van der Waals surface area contributed by atoms with E-state index in [1.807, 2.05) is 13.8 Å². The van der Waals surface area contributed by atoms with Crippen molar-refractivity contribution < 1.29 is 9.21 Å². The molecule has 0 aliphatic carbocycles. The molecule has 0 saturated heterocycles. The first-order chi connectivity index (χ1) is 8.22. The molecule has 4 nitrogen and oxygen atoms in total. The summed E-state index contributed by atoms with van der Waals surface area (Å²) < 4.78 is 5.18. The Morgan fingerprint density at radius 1 is 1.53 bits per heavy atom. The molecule has 17 heavy (non-hydrogen) atoms. The number of rotatable bonds is 6. The van der Waals surface area contributed by atoms with Gasteiger partial charge in [-0.15, -0.1) is 0 Å². The zero-order valence-corrected chi connectivity index (χ0v) is 10.3. The lowest BCUT2D eigenvalue weighted by Crippen LogP contribution is -2.30. The van der Waals surface area contributed by atoms with Crippen molar-refractivity contribution in [2.75, 3.05) is 13.1 Å². The van der Waals surface area contributed by atoms with Gasteiger partial charge in [-0.3, -0.25) is 4.79 Å². The average Bonchev–Trinajstić information content (AvgIpc) is 2.85. The average molecular weight is 234 g/mol. The molecule has 92 valence electrons. The molecular formula is C13H18N2O2. The quantitative estimate of drug-likeness (QED) is 0.760. The first kappa shape index (κ1) is 13.3. The molecule has 1 heterocycles. The summed E-state index contributed by atoms with van der Waals surface area (Å²) in [5.74, 6) is 0.408. The molecule has 0 radical (unpaired) electrons. The van der Waals surface area contributed by atoms with Crippen LogP contribution in [0.5, 0.6) is 0 Å². The van der Waals surface area contributed by atoms with Gasteiger partial charge in [0.15, 0.2) is 0 Å². The third-order valence-electron chi connectivity index (χ3n) is 2.81. The van der Waals surface area contributed by atoms with Crippen LogP contribution in [0.4, 0.5) is 0 Å². The zero-order chi connectivity index (χ0) is 12.7. The van der Waals surface area contributed by atoms with Crippen LogP contribution in [0.25, 0.3) is 0 Å². The van der Waals surface area contributed by atoms with Gasteiger partial charge in [0, 0.05) is 19.5 Å². The maximum Gasteiger partial charge on any atom is 0.222 e. The lowest BCUT2D eigenvalue weighted by molar-refractivity contribution is -0.130. The molecule has 0 N–H and O–H groups in total. The summed E-state index contributed by atoms with van der Waals surface area (Å²) >= 11 is 0. The van der Waals surface area contributed by atoms with E-state index in [9.17, 15) is 4.79 Å². The van der Waals surface area contributed by atoms with Gasteiger partial charge in [-0.1, -0.05) is 0 Å². The molecule has 1 atom stereocenters. The molecule has 0 aliphatic rings. The van der Waals surface area contributed by atoms with E-state index >= 15 is 0 Å². The minimum Gasteiger partial charge on any atom is -0.468 e. The maximum atomic E-state index is 11.8. The van der Waals surface area contributed by atoms with Gasteiger partial charge in [-0.05, 0) is 32.4 Å². The topological polar surface area (TPSA) is 57.2 Å². The Morgan fingerprint density at radius 3 is 2.71 bits per heavy atom. The molecule has 0 saturated carbocycles. The van der Waals surface area contributed by atoms with Crippen molar-refractivity contribution in [1.82, 2.24) is 4.90 Å². The van der Waals surface area contributed by atoms with Gasteiger partial charge in [-0.2, -0.15) is 5.26 Å². The lowest BCUT2D eigenvalue weighted by Gasteiger charge is -2.18. The highest BCUT2D eigenvalue weighted by atomic mass is 16.3. The number of nitriles is 1. The monoisotopic (exact) mass is 234 g/mol. The van der Waals surface area contributed by atoms with Crippen molar-refractivity contribution in [3.63, 3.8) is 0 Å². The number of hydrogen-bond acceptors (Lipinski definition) is 3. The van der Waals surface area contributed by atoms with Crippen LogP contribution in [-0.4, -0.2) is 23.9 Å². The van der Waals surface area contributed by atoms with Gasteiger partial charge in [0.2, 0.25) is 5.91 Å². The molecule has 0 bridgehead atoms. The molecule has 0 aromatic carbocycles. The molecule has 1 amide bonds. The Morgan fingerprint density at radius 2 is 2.24 bits per heavy atom. The molecule has 1 aromatic rings. The van der Waals surface area contributed by atoms with Crippen molar-refractivity contribution in [2.45, 2.75) is 32.6 Å².